The zero-order valence-electron chi connectivity index (χ0n) is 15.6. The van der Waals surface area contributed by atoms with E-state index in [0.29, 0.717) is 29.9 Å². The van der Waals surface area contributed by atoms with E-state index in [0.717, 1.165) is 16.7 Å². The molecule has 0 amide bonds. The number of hydrogen-bond donors (Lipinski definition) is 1. The van der Waals surface area contributed by atoms with Gasteiger partial charge in [-0.2, -0.15) is 0 Å². The lowest BCUT2D eigenvalue weighted by atomic mass is 9.96. The van der Waals surface area contributed by atoms with Crippen LogP contribution in [0, 0.1) is 6.92 Å². The fraction of sp³-hybridized carbons (Fsp3) is 0.333. The largest absolute Gasteiger partial charge is 0.382 e. The average Bonchev–Trinajstić information content (AvgIpc) is 2.62. The molecule has 2 aromatic carbocycles. The van der Waals surface area contributed by atoms with Crippen molar-refractivity contribution in [2.75, 3.05) is 20.3 Å². The second-order valence-corrected chi connectivity index (χ2v) is 6.86. The minimum Gasteiger partial charge on any atom is -0.382 e. The summed E-state index contributed by atoms with van der Waals surface area (Å²) in [4.78, 5) is 19.8. The maximum absolute atomic E-state index is 12.4. The number of nitrogens with zero attached hydrogens (tertiary/aromatic N) is 1. The molecular weight excluding hydrogens is 328 g/mol. The molecule has 0 fully saturated rings. The molecule has 1 aromatic heterocycles. The van der Waals surface area contributed by atoms with Crippen LogP contribution in [0.1, 0.15) is 25.0 Å². The summed E-state index contributed by atoms with van der Waals surface area (Å²) >= 11 is 0. The van der Waals surface area contributed by atoms with Gasteiger partial charge in [0.25, 0.3) is 5.56 Å². The molecule has 3 rings (SSSR count). The lowest BCUT2D eigenvalue weighted by Gasteiger charge is -2.26. The number of methoxy groups -OCH3 is 1. The molecule has 26 heavy (non-hydrogen) atoms. The Bertz CT molecular complexity index is 959. The third-order valence-corrected chi connectivity index (χ3v) is 4.46. The number of hydrogen-bond acceptors (Lipinski definition) is 4. The second-order valence-electron chi connectivity index (χ2n) is 6.86. The molecule has 5 nitrogen and oxygen atoms in total. The third-order valence-electron chi connectivity index (χ3n) is 4.46. The first-order valence-electron chi connectivity index (χ1n) is 8.65. The molecule has 1 N–H and O–H groups in total. The number of rotatable bonds is 6. The van der Waals surface area contributed by atoms with E-state index in [1.54, 1.807) is 7.11 Å². The topological polar surface area (TPSA) is 64.2 Å². The molecule has 1 heterocycles. The quantitative estimate of drug-likeness (QED) is 0.686. The normalized spacial score (nSPS) is 11.8. The molecule has 136 valence electrons. The van der Waals surface area contributed by atoms with Gasteiger partial charge in [0, 0.05) is 12.7 Å². The minimum atomic E-state index is -0.418. The Morgan fingerprint density at radius 3 is 2.50 bits per heavy atom. The molecule has 0 unspecified atom stereocenters. The highest BCUT2D eigenvalue weighted by Crippen LogP contribution is 2.27. The van der Waals surface area contributed by atoms with Crippen molar-refractivity contribution in [3.8, 4) is 11.4 Å². The van der Waals surface area contributed by atoms with Crippen molar-refractivity contribution < 1.29 is 9.47 Å². The Hall–Kier alpha value is -2.50. The minimum absolute atomic E-state index is 0.124. The van der Waals surface area contributed by atoms with Gasteiger partial charge < -0.3 is 14.5 Å². The van der Waals surface area contributed by atoms with Crippen LogP contribution in [0.4, 0.5) is 0 Å². The predicted molar refractivity (Wildman–Crippen MR) is 103 cm³/mol. The Balaban J connectivity index is 1.90. The van der Waals surface area contributed by atoms with E-state index in [1.807, 2.05) is 63.2 Å². The van der Waals surface area contributed by atoms with E-state index < -0.39 is 5.60 Å². The van der Waals surface area contributed by atoms with Crippen LogP contribution in [0.25, 0.3) is 22.3 Å². The summed E-state index contributed by atoms with van der Waals surface area (Å²) in [6.07, 6.45) is 0. The monoisotopic (exact) mass is 352 g/mol. The van der Waals surface area contributed by atoms with Gasteiger partial charge in [0.2, 0.25) is 0 Å². The molecule has 0 radical (unpaired) electrons. The van der Waals surface area contributed by atoms with Crippen LogP contribution < -0.4 is 5.56 Å². The van der Waals surface area contributed by atoms with Crippen LogP contribution in [-0.4, -0.2) is 30.3 Å². The number of fused-ring (bicyclic) bond motifs is 1. The van der Waals surface area contributed by atoms with Crippen LogP contribution in [0.5, 0.6) is 0 Å². The summed E-state index contributed by atoms with van der Waals surface area (Å²) in [6.45, 7) is 7.10. The van der Waals surface area contributed by atoms with Crippen molar-refractivity contribution in [1.29, 1.82) is 0 Å². The number of aromatic amines is 1. The zero-order chi connectivity index (χ0) is 18.7. The van der Waals surface area contributed by atoms with Crippen molar-refractivity contribution in [1.82, 2.24) is 9.97 Å². The average molecular weight is 352 g/mol. The van der Waals surface area contributed by atoms with Crippen LogP contribution in [-0.2, 0) is 15.1 Å². The summed E-state index contributed by atoms with van der Waals surface area (Å²) in [5.41, 5.74) is 3.11. The van der Waals surface area contributed by atoms with Crippen LogP contribution >= 0.6 is 0 Å². The zero-order valence-corrected chi connectivity index (χ0v) is 15.6. The van der Waals surface area contributed by atoms with Crippen molar-refractivity contribution in [2.45, 2.75) is 26.4 Å². The van der Waals surface area contributed by atoms with Crippen molar-refractivity contribution in [3.63, 3.8) is 0 Å². The van der Waals surface area contributed by atoms with Crippen LogP contribution in [0.3, 0.4) is 0 Å². The smallest absolute Gasteiger partial charge is 0.259 e. The first kappa shape index (κ1) is 18.3. The second kappa shape index (κ2) is 7.40. The van der Waals surface area contributed by atoms with Gasteiger partial charge in [-0.3, -0.25) is 4.79 Å². The van der Waals surface area contributed by atoms with E-state index >= 15 is 0 Å². The van der Waals surface area contributed by atoms with Crippen molar-refractivity contribution in [3.05, 3.63) is 63.9 Å². The number of aromatic nitrogens is 2. The van der Waals surface area contributed by atoms with Crippen molar-refractivity contribution in [2.24, 2.45) is 0 Å². The lowest BCUT2D eigenvalue weighted by molar-refractivity contribution is -0.0431. The molecule has 0 spiro atoms. The van der Waals surface area contributed by atoms with Gasteiger partial charge in [-0.25, -0.2) is 4.98 Å². The Morgan fingerprint density at radius 1 is 1.08 bits per heavy atom. The molecular formula is C21H24N2O3. The summed E-state index contributed by atoms with van der Waals surface area (Å²) in [5, 5.41) is 0.609. The number of benzene rings is 2. The highest BCUT2D eigenvalue weighted by Gasteiger charge is 2.21. The third kappa shape index (κ3) is 3.84. The molecule has 3 aromatic rings. The van der Waals surface area contributed by atoms with E-state index in [4.69, 9.17) is 9.47 Å². The molecule has 0 saturated carbocycles. The van der Waals surface area contributed by atoms with Crippen LogP contribution in [0.15, 0.2) is 47.3 Å². The fourth-order valence-corrected chi connectivity index (χ4v) is 2.88. The van der Waals surface area contributed by atoms with Gasteiger partial charge in [-0.15, -0.1) is 0 Å². The predicted octanol–water partition coefficient (Wildman–Crippen LogP) is 3.80. The SMILES string of the molecule is COCCOC(C)(C)c1ccc(-c2nc3ccc(C)cc3c(=O)[nH]2)cc1. The highest BCUT2D eigenvalue weighted by atomic mass is 16.5. The van der Waals surface area contributed by atoms with E-state index in [-0.39, 0.29) is 5.56 Å². The number of aryl methyl sites for hydroxylation is 1. The van der Waals surface area contributed by atoms with Crippen LogP contribution in [0.2, 0.25) is 0 Å². The van der Waals surface area contributed by atoms with Gasteiger partial charge in [0.05, 0.1) is 29.7 Å². The van der Waals surface area contributed by atoms with Gasteiger partial charge in [0.1, 0.15) is 5.82 Å². The highest BCUT2D eigenvalue weighted by molar-refractivity contribution is 5.80. The molecule has 0 bridgehead atoms. The Labute approximate surface area is 153 Å². The standard InChI is InChI=1S/C21H24N2O3/c1-14-5-10-18-17(13-14)20(24)23-19(22-18)15-6-8-16(9-7-15)21(2,3)26-12-11-25-4/h5-10,13H,11-12H2,1-4H3,(H,22,23,24). The Kier molecular flexibility index (Phi) is 5.20. The maximum Gasteiger partial charge on any atom is 0.259 e. The maximum atomic E-state index is 12.4. The van der Waals surface area contributed by atoms with Gasteiger partial charge >= 0.3 is 0 Å². The summed E-state index contributed by atoms with van der Waals surface area (Å²) < 4.78 is 10.9. The lowest BCUT2D eigenvalue weighted by Crippen LogP contribution is -2.23. The number of H-pyrrole nitrogens is 1. The van der Waals surface area contributed by atoms with Gasteiger partial charge in [-0.05, 0) is 38.5 Å². The van der Waals surface area contributed by atoms with Gasteiger partial charge in [0.15, 0.2) is 0 Å². The first-order valence-corrected chi connectivity index (χ1v) is 8.65. The molecule has 0 saturated heterocycles. The number of ether oxygens (including phenoxy) is 2. The van der Waals surface area contributed by atoms with Gasteiger partial charge in [-0.1, -0.05) is 35.9 Å². The summed E-state index contributed by atoms with van der Waals surface area (Å²) in [5.74, 6) is 0.566. The van der Waals surface area contributed by atoms with E-state index in [2.05, 4.69) is 9.97 Å². The number of nitrogens with one attached hydrogen (secondary N) is 1. The fourth-order valence-electron chi connectivity index (χ4n) is 2.88. The molecule has 0 aliphatic carbocycles. The first-order chi connectivity index (χ1) is 12.4. The van der Waals surface area contributed by atoms with E-state index in [1.165, 1.54) is 0 Å². The molecule has 0 atom stereocenters. The summed E-state index contributed by atoms with van der Waals surface area (Å²) in [6, 6.07) is 13.6. The molecule has 0 aliphatic rings. The molecule has 0 aliphatic heterocycles. The van der Waals surface area contributed by atoms with E-state index in [9.17, 15) is 4.79 Å². The summed E-state index contributed by atoms with van der Waals surface area (Å²) in [7, 11) is 1.66. The van der Waals surface area contributed by atoms with Crippen molar-refractivity contribution >= 4 is 10.9 Å². The molecule has 5 heteroatoms. The Morgan fingerprint density at radius 2 is 1.81 bits per heavy atom.